The Morgan fingerprint density at radius 2 is 1.97 bits per heavy atom. The molecule has 0 spiro atoms. The predicted octanol–water partition coefficient (Wildman–Crippen LogP) is 5.88. The molecule has 0 N–H and O–H groups in total. The number of rotatable bonds is 7. The molecule has 0 aromatic carbocycles. The zero-order chi connectivity index (χ0) is 25.1. The van der Waals surface area contributed by atoms with Gasteiger partial charge in [0.15, 0.2) is 5.82 Å². The van der Waals surface area contributed by atoms with Crippen LogP contribution in [-0.4, -0.2) is 33.3 Å². The topological polar surface area (TPSA) is 85.7 Å². The highest BCUT2D eigenvalue weighted by atomic mass is 79.9. The molecule has 0 aliphatic heterocycles. The number of nitriles is 1. The smallest absolute Gasteiger partial charge is 0.153 e. The average molecular weight is 533 g/mol. The van der Waals surface area contributed by atoms with Crippen molar-refractivity contribution in [3.05, 3.63) is 82.7 Å². The Hall–Kier alpha value is -4.10. The SMILES string of the molecule is C=NN(/C=C(\C)F)c1ccc([C@H](C)N(C)c2ccc(-c3cc(Br)cn4ncc(C#N)c34)cn2)cn1. The van der Waals surface area contributed by atoms with Gasteiger partial charge in [0, 0.05) is 48.0 Å². The van der Waals surface area contributed by atoms with E-state index in [-0.39, 0.29) is 6.04 Å². The third-order valence-corrected chi connectivity index (χ3v) is 6.07. The number of hydrogen-bond acceptors (Lipinski definition) is 7. The van der Waals surface area contributed by atoms with Crippen LogP contribution in [0.5, 0.6) is 0 Å². The van der Waals surface area contributed by atoms with E-state index >= 15 is 0 Å². The number of fused-ring (bicyclic) bond motifs is 1. The van der Waals surface area contributed by atoms with E-state index in [1.165, 1.54) is 18.1 Å². The Labute approximate surface area is 210 Å². The van der Waals surface area contributed by atoms with Gasteiger partial charge in [-0.15, -0.1) is 0 Å². The summed E-state index contributed by atoms with van der Waals surface area (Å²) in [4.78, 5) is 11.1. The van der Waals surface area contributed by atoms with Crippen LogP contribution < -0.4 is 9.91 Å². The number of pyridine rings is 3. The molecule has 8 nitrogen and oxygen atoms in total. The summed E-state index contributed by atoms with van der Waals surface area (Å²) in [5.41, 5.74) is 3.93. The summed E-state index contributed by atoms with van der Waals surface area (Å²) in [6.45, 7) is 6.84. The second-order valence-electron chi connectivity index (χ2n) is 7.88. The second-order valence-corrected chi connectivity index (χ2v) is 8.79. The van der Waals surface area contributed by atoms with Gasteiger partial charge in [-0.1, -0.05) is 6.07 Å². The van der Waals surface area contributed by atoms with E-state index in [0.29, 0.717) is 11.4 Å². The van der Waals surface area contributed by atoms with E-state index in [0.717, 1.165) is 32.5 Å². The maximum Gasteiger partial charge on any atom is 0.153 e. The highest BCUT2D eigenvalue weighted by Gasteiger charge is 2.17. The van der Waals surface area contributed by atoms with Gasteiger partial charge in [-0.3, -0.25) is 0 Å². The highest BCUT2D eigenvalue weighted by Crippen LogP contribution is 2.31. The molecule has 0 radical (unpaired) electrons. The first-order valence-corrected chi connectivity index (χ1v) is 11.4. The normalized spacial score (nSPS) is 12.3. The van der Waals surface area contributed by atoms with Gasteiger partial charge in [-0.25, -0.2) is 23.9 Å². The first-order chi connectivity index (χ1) is 16.8. The minimum absolute atomic E-state index is 0.0314. The van der Waals surface area contributed by atoms with Crippen LogP contribution in [0.2, 0.25) is 0 Å². The summed E-state index contributed by atoms with van der Waals surface area (Å²) < 4.78 is 15.8. The summed E-state index contributed by atoms with van der Waals surface area (Å²) >= 11 is 3.51. The Morgan fingerprint density at radius 3 is 2.57 bits per heavy atom. The number of allylic oxidation sites excluding steroid dienone is 1. The Morgan fingerprint density at radius 1 is 1.23 bits per heavy atom. The van der Waals surface area contributed by atoms with E-state index < -0.39 is 5.83 Å². The lowest BCUT2D eigenvalue weighted by molar-refractivity contribution is 0.633. The molecular weight excluding hydrogens is 511 g/mol. The largest absolute Gasteiger partial charge is 0.353 e. The van der Waals surface area contributed by atoms with Crippen molar-refractivity contribution in [2.24, 2.45) is 5.10 Å². The van der Waals surface area contributed by atoms with Crippen molar-refractivity contribution in [3.8, 4) is 17.2 Å². The molecule has 0 aliphatic carbocycles. The molecule has 4 heterocycles. The standard InChI is InChI=1S/C25H22BrFN8/c1-16(27)14-34(29-3)24-8-5-18(11-31-24)17(2)33(4)23-7-6-19(12-30-23)22-9-21(26)15-35-25(22)20(10-28)13-32-35/h5-9,11-15,17H,3H2,1-2,4H3/b16-14+/t17-/m0/s1. The fourth-order valence-electron chi connectivity index (χ4n) is 3.69. The molecule has 4 aromatic heterocycles. The van der Waals surface area contributed by atoms with Crippen molar-refractivity contribution in [1.29, 1.82) is 5.26 Å². The maximum absolute atomic E-state index is 13.2. The van der Waals surface area contributed by atoms with E-state index in [1.807, 2.05) is 49.3 Å². The minimum Gasteiger partial charge on any atom is -0.353 e. The van der Waals surface area contributed by atoms with Crippen LogP contribution in [0.4, 0.5) is 16.0 Å². The summed E-state index contributed by atoms with van der Waals surface area (Å²) in [7, 11) is 1.95. The van der Waals surface area contributed by atoms with Gasteiger partial charge < -0.3 is 4.90 Å². The van der Waals surface area contributed by atoms with Gasteiger partial charge in [0.05, 0.1) is 29.5 Å². The lowest BCUT2D eigenvalue weighted by atomic mass is 10.1. The molecule has 4 aromatic rings. The highest BCUT2D eigenvalue weighted by molar-refractivity contribution is 9.10. The predicted molar refractivity (Wildman–Crippen MR) is 139 cm³/mol. The molecule has 4 rings (SSSR count). The molecule has 0 unspecified atom stereocenters. The lowest BCUT2D eigenvalue weighted by Gasteiger charge is -2.26. The van der Waals surface area contributed by atoms with Crippen molar-refractivity contribution in [3.63, 3.8) is 0 Å². The van der Waals surface area contributed by atoms with Crippen molar-refractivity contribution in [2.75, 3.05) is 17.0 Å². The van der Waals surface area contributed by atoms with E-state index in [1.54, 1.807) is 29.2 Å². The van der Waals surface area contributed by atoms with Gasteiger partial charge in [-0.2, -0.15) is 15.5 Å². The van der Waals surface area contributed by atoms with E-state index in [9.17, 15) is 9.65 Å². The van der Waals surface area contributed by atoms with Gasteiger partial charge in [-0.05, 0) is 59.6 Å². The maximum atomic E-state index is 13.2. The Balaban J connectivity index is 1.58. The van der Waals surface area contributed by atoms with Crippen molar-refractivity contribution >= 4 is 39.8 Å². The summed E-state index contributed by atoms with van der Waals surface area (Å²) in [5.74, 6) is 0.845. The van der Waals surface area contributed by atoms with Crippen molar-refractivity contribution in [2.45, 2.75) is 19.9 Å². The molecule has 0 aliphatic rings. The number of halogens is 2. The summed E-state index contributed by atoms with van der Waals surface area (Å²) in [5, 5.41) is 18.8. The molecule has 0 amide bonds. The molecule has 0 bridgehead atoms. The Kier molecular flexibility index (Phi) is 6.89. The molecule has 0 fully saturated rings. The monoisotopic (exact) mass is 532 g/mol. The van der Waals surface area contributed by atoms with Crippen LogP contribution in [0.3, 0.4) is 0 Å². The van der Waals surface area contributed by atoms with Crippen LogP contribution >= 0.6 is 15.9 Å². The fourth-order valence-corrected chi connectivity index (χ4v) is 4.12. The molecule has 10 heteroatoms. The van der Waals surface area contributed by atoms with Gasteiger partial charge >= 0.3 is 0 Å². The minimum atomic E-state index is -0.397. The van der Waals surface area contributed by atoms with Gasteiger partial charge in [0.2, 0.25) is 0 Å². The van der Waals surface area contributed by atoms with E-state index in [4.69, 9.17) is 0 Å². The number of hydrogen-bond donors (Lipinski definition) is 0. The molecule has 35 heavy (non-hydrogen) atoms. The van der Waals surface area contributed by atoms with Crippen LogP contribution in [0.25, 0.3) is 16.6 Å². The lowest BCUT2D eigenvalue weighted by Crippen LogP contribution is -2.22. The Bertz CT molecular complexity index is 1430. The van der Waals surface area contributed by atoms with Gasteiger partial charge in [0.1, 0.15) is 17.7 Å². The van der Waals surface area contributed by atoms with Crippen molar-refractivity contribution in [1.82, 2.24) is 19.6 Å². The van der Waals surface area contributed by atoms with Crippen LogP contribution in [-0.2, 0) is 0 Å². The number of aromatic nitrogens is 4. The van der Waals surface area contributed by atoms with Gasteiger partial charge in [0.25, 0.3) is 0 Å². The molecule has 1 atom stereocenters. The average Bonchev–Trinajstić information content (AvgIpc) is 3.29. The number of nitrogens with zero attached hydrogens (tertiary/aromatic N) is 8. The number of anilines is 2. The zero-order valence-corrected chi connectivity index (χ0v) is 21.0. The summed E-state index contributed by atoms with van der Waals surface area (Å²) in [6, 6.07) is 11.7. The van der Waals surface area contributed by atoms with E-state index in [2.05, 4.69) is 48.9 Å². The molecular formula is C25H22BrFN8. The summed E-state index contributed by atoms with van der Waals surface area (Å²) in [6.07, 6.45) is 8.11. The van der Waals surface area contributed by atoms with Crippen LogP contribution in [0.15, 0.2) is 76.7 Å². The molecule has 0 saturated carbocycles. The van der Waals surface area contributed by atoms with Crippen molar-refractivity contribution < 1.29 is 4.39 Å². The molecule has 176 valence electrons. The first-order valence-electron chi connectivity index (χ1n) is 10.6. The fraction of sp³-hybridized carbons (Fsp3) is 0.160. The second kappa shape index (κ2) is 10.0. The third kappa shape index (κ3) is 4.90. The quantitative estimate of drug-likeness (QED) is 0.218. The zero-order valence-electron chi connectivity index (χ0n) is 19.4. The molecule has 0 saturated heterocycles. The first kappa shape index (κ1) is 24.0. The van der Waals surface area contributed by atoms with Crippen LogP contribution in [0.1, 0.15) is 31.0 Å². The van der Waals surface area contributed by atoms with Crippen LogP contribution in [0, 0.1) is 11.3 Å². The number of hydrazone groups is 1. The third-order valence-electron chi connectivity index (χ3n) is 5.64.